The van der Waals surface area contributed by atoms with Crippen molar-refractivity contribution in [2.75, 3.05) is 25.0 Å². The van der Waals surface area contributed by atoms with Gasteiger partial charge in [-0.15, -0.1) is 0 Å². The van der Waals surface area contributed by atoms with Crippen LogP contribution >= 0.6 is 0 Å². The summed E-state index contributed by atoms with van der Waals surface area (Å²) >= 11 is 0. The Hall–Kier alpha value is -2.76. The maximum absolute atomic E-state index is 13.0. The van der Waals surface area contributed by atoms with E-state index in [0.29, 0.717) is 24.4 Å². The first-order valence-electron chi connectivity index (χ1n) is 10.3. The van der Waals surface area contributed by atoms with Gasteiger partial charge in [0.25, 0.3) is 5.91 Å². The van der Waals surface area contributed by atoms with Crippen molar-refractivity contribution in [2.45, 2.75) is 45.7 Å². The zero-order valence-corrected chi connectivity index (χ0v) is 17.6. The van der Waals surface area contributed by atoms with Crippen molar-refractivity contribution in [3.63, 3.8) is 0 Å². The second-order valence-corrected chi connectivity index (χ2v) is 8.18. The highest BCUT2D eigenvalue weighted by molar-refractivity contribution is 5.99. The van der Waals surface area contributed by atoms with Crippen LogP contribution in [0.25, 0.3) is 0 Å². The number of anilines is 1. The van der Waals surface area contributed by atoms with Gasteiger partial charge >= 0.3 is 0 Å². The molecule has 156 valence electrons. The third kappa shape index (κ3) is 5.62. The van der Waals surface area contributed by atoms with Gasteiger partial charge in [0.15, 0.2) is 0 Å². The zero-order valence-electron chi connectivity index (χ0n) is 17.6. The van der Waals surface area contributed by atoms with Gasteiger partial charge in [-0.1, -0.05) is 26.0 Å². The molecule has 1 aromatic carbocycles. The molecule has 0 unspecified atom stereocenters. The third-order valence-corrected chi connectivity index (χ3v) is 5.25. The second kappa shape index (κ2) is 9.63. The molecule has 3 rings (SSSR count). The maximum Gasteiger partial charge on any atom is 0.256 e. The molecule has 1 aromatic heterocycles. The number of carbonyl (C=O) groups excluding carboxylic acids is 2. The molecule has 1 N–H and O–H groups in total. The molecule has 0 aliphatic carbocycles. The number of hydrogen-bond donors (Lipinski definition) is 1. The lowest BCUT2D eigenvalue weighted by Gasteiger charge is -2.35. The molecule has 29 heavy (non-hydrogen) atoms. The van der Waals surface area contributed by atoms with Crippen molar-refractivity contribution >= 4 is 17.5 Å². The molecule has 0 bridgehead atoms. The van der Waals surface area contributed by atoms with E-state index in [-0.39, 0.29) is 17.9 Å². The van der Waals surface area contributed by atoms with Gasteiger partial charge in [-0.2, -0.15) is 0 Å². The summed E-state index contributed by atoms with van der Waals surface area (Å²) in [5, 5.41) is 3.15. The van der Waals surface area contributed by atoms with Gasteiger partial charge in [-0.25, -0.2) is 0 Å². The van der Waals surface area contributed by atoms with Gasteiger partial charge in [0.05, 0.1) is 18.4 Å². The van der Waals surface area contributed by atoms with Crippen molar-refractivity contribution < 1.29 is 14.0 Å². The van der Waals surface area contributed by atoms with E-state index in [4.69, 9.17) is 4.42 Å². The van der Waals surface area contributed by atoms with E-state index in [0.717, 1.165) is 37.4 Å². The molecule has 1 aliphatic heterocycles. The number of benzene rings is 1. The molecule has 1 saturated heterocycles. The normalized spacial score (nSPS) is 14.8. The first kappa shape index (κ1) is 21.0. The predicted molar refractivity (Wildman–Crippen MR) is 114 cm³/mol. The van der Waals surface area contributed by atoms with Gasteiger partial charge in [0.2, 0.25) is 5.91 Å². The van der Waals surface area contributed by atoms with Gasteiger partial charge in [0.1, 0.15) is 5.76 Å². The van der Waals surface area contributed by atoms with Crippen LogP contribution in [-0.4, -0.2) is 42.9 Å². The molecular formula is C23H31N3O3. The standard InChI is InChI=1S/C23H31N3O3/c1-17(2)15-22(27)24-18-10-12-26(13-11-18)21-9-5-4-8-20(21)23(28)25(3)16-19-7-6-14-29-19/h4-9,14,17-18H,10-13,15-16H2,1-3H3,(H,24,27). The first-order chi connectivity index (χ1) is 13.9. The first-order valence-corrected chi connectivity index (χ1v) is 10.3. The summed E-state index contributed by atoms with van der Waals surface area (Å²) in [5.74, 6) is 1.24. The minimum absolute atomic E-state index is 0.0237. The van der Waals surface area contributed by atoms with Crippen molar-refractivity contribution in [2.24, 2.45) is 5.92 Å². The zero-order chi connectivity index (χ0) is 20.8. The molecule has 1 fully saturated rings. The summed E-state index contributed by atoms with van der Waals surface area (Å²) in [6.07, 6.45) is 3.95. The highest BCUT2D eigenvalue weighted by Crippen LogP contribution is 2.26. The predicted octanol–water partition coefficient (Wildman–Crippen LogP) is 3.68. The average Bonchev–Trinajstić information content (AvgIpc) is 3.20. The van der Waals surface area contributed by atoms with Gasteiger partial charge in [-0.05, 0) is 43.0 Å². The summed E-state index contributed by atoms with van der Waals surface area (Å²) in [6.45, 7) is 6.18. The van der Waals surface area contributed by atoms with Crippen molar-refractivity contribution in [1.82, 2.24) is 10.2 Å². The number of amides is 2. The van der Waals surface area contributed by atoms with Gasteiger partial charge < -0.3 is 19.5 Å². The van der Waals surface area contributed by atoms with E-state index < -0.39 is 0 Å². The highest BCUT2D eigenvalue weighted by atomic mass is 16.3. The average molecular weight is 398 g/mol. The summed E-state index contributed by atoms with van der Waals surface area (Å²) in [4.78, 5) is 29.0. The Balaban J connectivity index is 1.62. The summed E-state index contributed by atoms with van der Waals surface area (Å²) < 4.78 is 5.37. The molecule has 0 saturated carbocycles. The van der Waals surface area contributed by atoms with Crippen LogP contribution in [0.1, 0.15) is 49.2 Å². The molecule has 2 aromatic rings. The van der Waals surface area contributed by atoms with Crippen LogP contribution < -0.4 is 10.2 Å². The third-order valence-electron chi connectivity index (χ3n) is 5.25. The molecule has 0 spiro atoms. The Morgan fingerprint density at radius 2 is 1.90 bits per heavy atom. The minimum atomic E-state index is -0.0237. The van der Waals surface area contributed by atoms with E-state index >= 15 is 0 Å². The number of rotatable bonds is 7. The van der Waals surface area contributed by atoms with E-state index in [9.17, 15) is 9.59 Å². The molecule has 0 radical (unpaired) electrons. The number of para-hydroxylation sites is 1. The Morgan fingerprint density at radius 3 is 2.55 bits per heavy atom. The molecule has 6 heteroatoms. The number of nitrogens with one attached hydrogen (secondary N) is 1. The van der Waals surface area contributed by atoms with E-state index in [1.165, 1.54) is 0 Å². The van der Waals surface area contributed by atoms with Crippen LogP contribution in [0, 0.1) is 5.92 Å². The molecule has 1 aliphatic rings. The maximum atomic E-state index is 13.0. The van der Waals surface area contributed by atoms with Gasteiger partial charge in [-0.3, -0.25) is 9.59 Å². The molecule has 2 amide bonds. The minimum Gasteiger partial charge on any atom is -0.467 e. The lowest BCUT2D eigenvalue weighted by Crippen LogP contribution is -2.45. The van der Waals surface area contributed by atoms with Crippen molar-refractivity contribution in [3.8, 4) is 0 Å². The quantitative estimate of drug-likeness (QED) is 0.774. The monoisotopic (exact) mass is 397 g/mol. The fourth-order valence-electron chi connectivity index (χ4n) is 3.77. The lowest BCUT2D eigenvalue weighted by molar-refractivity contribution is -0.122. The number of hydrogen-bond acceptors (Lipinski definition) is 4. The van der Waals surface area contributed by atoms with Crippen LogP contribution in [0.5, 0.6) is 0 Å². The summed E-state index contributed by atoms with van der Waals surface area (Å²) in [5.41, 5.74) is 1.65. The number of piperidine rings is 1. The molecular weight excluding hydrogens is 366 g/mol. The second-order valence-electron chi connectivity index (χ2n) is 8.18. The number of carbonyl (C=O) groups is 2. The van der Waals surface area contributed by atoms with Crippen LogP contribution in [0.3, 0.4) is 0 Å². The van der Waals surface area contributed by atoms with Gasteiger partial charge in [0, 0.05) is 38.3 Å². The van der Waals surface area contributed by atoms with Crippen molar-refractivity contribution in [3.05, 3.63) is 54.0 Å². The summed E-state index contributed by atoms with van der Waals surface area (Å²) in [7, 11) is 1.79. The van der Waals surface area contributed by atoms with Crippen LogP contribution in [0.15, 0.2) is 47.1 Å². The van der Waals surface area contributed by atoms with E-state index in [2.05, 4.69) is 24.1 Å². The topological polar surface area (TPSA) is 65.8 Å². The number of nitrogens with zero attached hydrogens (tertiary/aromatic N) is 2. The Kier molecular flexibility index (Phi) is 6.96. The van der Waals surface area contributed by atoms with E-state index in [1.807, 2.05) is 36.4 Å². The SMILES string of the molecule is CC(C)CC(=O)NC1CCN(c2ccccc2C(=O)N(C)Cc2ccco2)CC1. The molecule has 6 nitrogen and oxygen atoms in total. The summed E-state index contributed by atoms with van der Waals surface area (Å²) in [6, 6.07) is 11.7. The Morgan fingerprint density at radius 1 is 1.17 bits per heavy atom. The van der Waals surface area contributed by atoms with Crippen LogP contribution in [0.4, 0.5) is 5.69 Å². The molecule has 2 heterocycles. The van der Waals surface area contributed by atoms with Crippen LogP contribution in [-0.2, 0) is 11.3 Å². The molecule has 0 atom stereocenters. The lowest BCUT2D eigenvalue weighted by atomic mass is 10.0. The van der Waals surface area contributed by atoms with Crippen LogP contribution in [0.2, 0.25) is 0 Å². The Labute approximate surface area is 172 Å². The smallest absolute Gasteiger partial charge is 0.256 e. The fourth-order valence-corrected chi connectivity index (χ4v) is 3.77. The fraction of sp³-hybridized carbons (Fsp3) is 0.478. The Bertz CT molecular complexity index is 809. The highest BCUT2D eigenvalue weighted by Gasteiger charge is 2.25. The van der Waals surface area contributed by atoms with Crippen molar-refractivity contribution in [1.29, 1.82) is 0 Å². The largest absolute Gasteiger partial charge is 0.467 e. The van der Waals surface area contributed by atoms with E-state index in [1.54, 1.807) is 18.2 Å². The number of furan rings is 1.